The Hall–Kier alpha value is -2.28. The molecule has 0 aliphatic heterocycles. The second-order valence-electron chi connectivity index (χ2n) is 5.27. The number of aromatic nitrogens is 1. The van der Waals surface area contributed by atoms with E-state index in [9.17, 15) is 0 Å². The van der Waals surface area contributed by atoms with Crippen LogP contribution in [0.5, 0.6) is 0 Å². The van der Waals surface area contributed by atoms with Crippen molar-refractivity contribution < 1.29 is 0 Å². The first-order valence-corrected chi connectivity index (χ1v) is 6.96. The fourth-order valence-electron chi connectivity index (χ4n) is 2.73. The summed E-state index contributed by atoms with van der Waals surface area (Å²) in [6.45, 7) is 4.35. The topological polar surface area (TPSA) is 4.93 Å². The van der Waals surface area contributed by atoms with Crippen LogP contribution in [0.25, 0.3) is 22.4 Å². The Morgan fingerprint density at radius 1 is 0.750 bits per heavy atom. The highest BCUT2D eigenvalue weighted by Gasteiger charge is 2.13. The van der Waals surface area contributed by atoms with E-state index in [-0.39, 0.29) is 0 Å². The van der Waals surface area contributed by atoms with Crippen LogP contribution in [0.4, 0.5) is 0 Å². The van der Waals surface area contributed by atoms with Crippen molar-refractivity contribution in [2.45, 2.75) is 13.8 Å². The van der Waals surface area contributed by atoms with Crippen molar-refractivity contribution in [1.29, 1.82) is 0 Å². The van der Waals surface area contributed by atoms with Gasteiger partial charge in [-0.2, -0.15) is 0 Å². The summed E-state index contributed by atoms with van der Waals surface area (Å²) in [5.74, 6) is 0. The van der Waals surface area contributed by atoms with Crippen LogP contribution in [0.3, 0.4) is 0 Å². The van der Waals surface area contributed by atoms with Crippen molar-refractivity contribution in [2.24, 2.45) is 7.05 Å². The fourth-order valence-corrected chi connectivity index (χ4v) is 2.73. The largest absolute Gasteiger partial charge is 0.347 e. The molecular weight excluding hydrogens is 242 g/mol. The fraction of sp³-hybridized carbons (Fsp3) is 0.158. The molecule has 0 unspecified atom stereocenters. The second kappa shape index (κ2) is 5.01. The minimum absolute atomic E-state index is 1.28. The minimum atomic E-state index is 1.28. The van der Waals surface area contributed by atoms with Gasteiger partial charge in [-0.1, -0.05) is 54.6 Å². The van der Waals surface area contributed by atoms with Crippen molar-refractivity contribution in [1.82, 2.24) is 4.57 Å². The van der Waals surface area contributed by atoms with Gasteiger partial charge in [-0.15, -0.1) is 0 Å². The van der Waals surface area contributed by atoms with Crippen molar-refractivity contribution >= 4 is 0 Å². The molecule has 0 bridgehead atoms. The molecule has 2 aromatic carbocycles. The summed E-state index contributed by atoms with van der Waals surface area (Å²) in [5, 5.41) is 0. The van der Waals surface area contributed by atoms with E-state index in [1.807, 2.05) is 0 Å². The molecule has 0 amide bonds. The summed E-state index contributed by atoms with van der Waals surface area (Å²) in [6, 6.07) is 21.4. The number of nitrogens with zero attached hydrogens (tertiary/aromatic N) is 1. The lowest BCUT2D eigenvalue weighted by Gasteiger charge is -2.08. The van der Waals surface area contributed by atoms with Gasteiger partial charge in [0.1, 0.15) is 0 Å². The summed E-state index contributed by atoms with van der Waals surface area (Å²) in [4.78, 5) is 0. The third-order valence-corrected chi connectivity index (χ3v) is 4.04. The summed E-state index contributed by atoms with van der Waals surface area (Å²) in [5.41, 5.74) is 7.79. The molecular formula is C19H19N. The zero-order chi connectivity index (χ0) is 14.1. The monoisotopic (exact) mass is 261 g/mol. The molecule has 3 aromatic rings. The Morgan fingerprint density at radius 2 is 1.40 bits per heavy atom. The van der Waals surface area contributed by atoms with Gasteiger partial charge in [0.15, 0.2) is 0 Å². The number of benzene rings is 2. The van der Waals surface area contributed by atoms with E-state index in [0.29, 0.717) is 0 Å². The van der Waals surface area contributed by atoms with E-state index >= 15 is 0 Å². The molecule has 1 aromatic heterocycles. The van der Waals surface area contributed by atoms with Gasteiger partial charge in [-0.25, -0.2) is 0 Å². The Balaban J connectivity index is 2.19. The van der Waals surface area contributed by atoms with Crippen LogP contribution in [0.2, 0.25) is 0 Å². The maximum Gasteiger partial charge on any atom is 0.0488 e. The SMILES string of the molecule is Cc1ccccc1-c1cc(-c2ccccc2)c(C)n1C. The van der Waals surface area contributed by atoms with Crippen LogP contribution in [-0.4, -0.2) is 4.57 Å². The molecule has 0 spiro atoms. The number of hydrogen-bond donors (Lipinski definition) is 0. The van der Waals surface area contributed by atoms with Crippen LogP contribution in [0.15, 0.2) is 60.7 Å². The van der Waals surface area contributed by atoms with E-state index in [1.54, 1.807) is 0 Å². The van der Waals surface area contributed by atoms with E-state index in [4.69, 9.17) is 0 Å². The van der Waals surface area contributed by atoms with Crippen molar-refractivity contribution in [3.63, 3.8) is 0 Å². The van der Waals surface area contributed by atoms with Crippen LogP contribution in [0.1, 0.15) is 11.3 Å². The Kier molecular flexibility index (Phi) is 3.19. The first kappa shape index (κ1) is 12.7. The van der Waals surface area contributed by atoms with E-state index < -0.39 is 0 Å². The number of hydrogen-bond acceptors (Lipinski definition) is 0. The number of aryl methyl sites for hydroxylation is 1. The molecule has 0 saturated carbocycles. The second-order valence-corrected chi connectivity index (χ2v) is 5.27. The van der Waals surface area contributed by atoms with Crippen LogP contribution >= 0.6 is 0 Å². The van der Waals surface area contributed by atoms with Crippen LogP contribution in [0, 0.1) is 13.8 Å². The molecule has 0 fully saturated rings. The van der Waals surface area contributed by atoms with E-state index in [1.165, 1.54) is 33.6 Å². The molecule has 0 aliphatic carbocycles. The summed E-state index contributed by atoms with van der Waals surface area (Å²) in [6.07, 6.45) is 0. The highest BCUT2D eigenvalue weighted by atomic mass is 15.0. The number of rotatable bonds is 2. The van der Waals surface area contributed by atoms with E-state index in [0.717, 1.165) is 0 Å². The van der Waals surface area contributed by atoms with Gasteiger partial charge in [0.2, 0.25) is 0 Å². The summed E-state index contributed by atoms with van der Waals surface area (Å²) >= 11 is 0. The summed E-state index contributed by atoms with van der Waals surface area (Å²) < 4.78 is 2.28. The van der Waals surface area contributed by atoms with Crippen LogP contribution in [-0.2, 0) is 7.05 Å². The molecule has 0 radical (unpaired) electrons. The lowest BCUT2D eigenvalue weighted by molar-refractivity contribution is 0.891. The molecule has 1 nitrogen and oxygen atoms in total. The Labute approximate surface area is 120 Å². The third-order valence-electron chi connectivity index (χ3n) is 4.04. The van der Waals surface area contributed by atoms with Gasteiger partial charge in [0.25, 0.3) is 0 Å². The smallest absolute Gasteiger partial charge is 0.0488 e. The lowest BCUT2D eigenvalue weighted by atomic mass is 10.0. The van der Waals surface area contributed by atoms with E-state index in [2.05, 4.69) is 86.1 Å². The molecule has 0 atom stereocenters. The maximum atomic E-state index is 2.30. The van der Waals surface area contributed by atoms with Gasteiger partial charge in [0.05, 0.1) is 0 Å². The first-order valence-electron chi connectivity index (χ1n) is 6.96. The molecule has 1 heterocycles. The zero-order valence-corrected chi connectivity index (χ0v) is 12.2. The minimum Gasteiger partial charge on any atom is -0.347 e. The Bertz CT molecular complexity index is 736. The van der Waals surface area contributed by atoms with Gasteiger partial charge in [0, 0.05) is 29.6 Å². The lowest BCUT2D eigenvalue weighted by Crippen LogP contribution is -1.95. The standard InChI is InChI=1S/C19H19N/c1-14-9-7-8-12-17(14)19-13-18(15(2)20(19)3)16-10-5-4-6-11-16/h4-13H,1-3H3. The molecule has 20 heavy (non-hydrogen) atoms. The zero-order valence-electron chi connectivity index (χ0n) is 12.2. The maximum absolute atomic E-state index is 2.30. The molecule has 0 N–H and O–H groups in total. The highest BCUT2D eigenvalue weighted by molar-refractivity contribution is 5.76. The first-order chi connectivity index (χ1) is 9.68. The molecule has 3 rings (SSSR count). The van der Waals surface area contributed by atoms with Crippen molar-refractivity contribution in [3.05, 3.63) is 71.9 Å². The predicted octanol–water partition coefficient (Wildman–Crippen LogP) is 4.98. The van der Waals surface area contributed by atoms with Crippen molar-refractivity contribution in [3.8, 4) is 22.4 Å². The average Bonchev–Trinajstić information content (AvgIpc) is 2.77. The van der Waals surface area contributed by atoms with Gasteiger partial charge in [-0.3, -0.25) is 0 Å². The Morgan fingerprint density at radius 3 is 2.10 bits per heavy atom. The average molecular weight is 261 g/mol. The molecule has 0 saturated heterocycles. The van der Waals surface area contributed by atoms with Crippen molar-refractivity contribution in [2.75, 3.05) is 0 Å². The predicted molar refractivity (Wildman–Crippen MR) is 85.8 cm³/mol. The molecule has 1 heteroatoms. The van der Waals surface area contributed by atoms with Gasteiger partial charge < -0.3 is 4.57 Å². The molecule has 100 valence electrons. The highest BCUT2D eigenvalue weighted by Crippen LogP contribution is 2.32. The van der Waals surface area contributed by atoms with Crippen LogP contribution < -0.4 is 0 Å². The van der Waals surface area contributed by atoms with Gasteiger partial charge in [-0.05, 0) is 31.0 Å². The quantitative estimate of drug-likeness (QED) is 0.613. The molecule has 0 aliphatic rings. The third kappa shape index (κ3) is 2.05. The van der Waals surface area contributed by atoms with Gasteiger partial charge >= 0.3 is 0 Å². The normalized spacial score (nSPS) is 10.8. The summed E-state index contributed by atoms with van der Waals surface area (Å²) in [7, 11) is 2.14.